The van der Waals surface area contributed by atoms with Crippen LogP contribution < -0.4 is 0 Å². The van der Waals surface area contributed by atoms with Crippen LogP contribution in [0, 0.1) is 0 Å². The minimum absolute atomic E-state index is 0.0959. The number of aliphatic carboxylic acids is 1. The van der Waals surface area contributed by atoms with Gasteiger partial charge in [-0.1, -0.05) is 18.9 Å². The van der Waals surface area contributed by atoms with Gasteiger partial charge in [-0.2, -0.15) is 26.3 Å². The molecule has 12 heteroatoms. The van der Waals surface area contributed by atoms with Gasteiger partial charge in [0.25, 0.3) is 0 Å². The van der Waals surface area contributed by atoms with Crippen LogP contribution in [-0.4, -0.2) is 64.9 Å². The lowest BCUT2D eigenvalue weighted by Crippen LogP contribution is -2.53. The topological polar surface area (TPSA) is 70.1 Å². The van der Waals surface area contributed by atoms with Crippen LogP contribution in [-0.2, 0) is 27.7 Å². The number of rotatable bonds is 6. The highest BCUT2D eigenvalue weighted by Crippen LogP contribution is 2.44. The van der Waals surface area contributed by atoms with Crippen molar-refractivity contribution in [2.45, 2.75) is 88.3 Å². The number of carboxylic acids is 1. The summed E-state index contributed by atoms with van der Waals surface area (Å²) < 4.78 is 83.8. The standard InChI is InChI=1S/C25H32F6N2O4/c1-16(24(26,27)28)37-21(36)33-10-8-22(2,9-11-33)32(3)15-17-12-18(14-19(13-17)25(29,30)31)23(20(34)35)6-4-5-7-23/h12-14,16H,4-11,15H2,1-3H3,(H,34,35). The maximum atomic E-state index is 13.7. The third kappa shape index (κ3) is 6.32. The van der Waals surface area contributed by atoms with Crippen molar-refractivity contribution in [2.75, 3.05) is 20.1 Å². The summed E-state index contributed by atoms with van der Waals surface area (Å²) in [7, 11) is 1.72. The highest BCUT2D eigenvalue weighted by molar-refractivity contribution is 5.82. The molecule has 3 rings (SSSR count). The van der Waals surface area contributed by atoms with E-state index in [2.05, 4.69) is 4.74 Å². The average molecular weight is 539 g/mol. The minimum atomic E-state index is -4.66. The molecule has 1 aliphatic carbocycles. The number of hydrogen-bond donors (Lipinski definition) is 1. The van der Waals surface area contributed by atoms with Crippen molar-refractivity contribution in [3.63, 3.8) is 0 Å². The molecule has 1 heterocycles. The third-order valence-corrected chi connectivity index (χ3v) is 7.92. The van der Waals surface area contributed by atoms with Gasteiger partial charge in [-0.25, -0.2) is 4.79 Å². The average Bonchev–Trinajstić information content (AvgIpc) is 3.29. The Morgan fingerprint density at radius 3 is 2.11 bits per heavy atom. The van der Waals surface area contributed by atoms with Crippen LogP contribution >= 0.6 is 0 Å². The fourth-order valence-corrected chi connectivity index (χ4v) is 5.14. The monoisotopic (exact) mass is 538 g/mol. The zero-order chi connectivity index (χ0) is 27.8. The van der Waals surface area contributed by atoms with E-state index in [0.717, 1.165) is 19.1 Å². The number of amides is 1. The molecular formula is C25H32F6N2O4. The van der Waals surface area contributed by atoms with E-state index in [9.17, 15) is 41.0 Å². The van der Waals surface area contributed by atoms with E-state index in [4.69, 9.17) is 0 Å². The Morgan fingerprint density at radius 1 is 1.05 bits per heavy atom. The lowest BCUT2D eigenvalue weighted by molar-refractivity contribution is -0.200. The molecule has 1 aromatic carbocycles. The Kier molecular flexibility index (Phi) is 8.12. The lowest BCUT2D eigenvalue weighted by atomic mass is 9.77. The summed E-state index contributed by atoms with van der Waals surface area (Å²) in [5.41, 5.74) is -2.34. The molecule has 1 atom stereocenters. The van der Waals surface area contributed by atoms with Crippen molar-refractivity contribution in [3.05, 3.63) is 34.9 Å². The number of hydrogen-bond acceptors (Lipinski definition) is 4. The van der Waals surface area contributed by atoms with Gasteiger partial charge in [-0.15, -0.1) is 0 Å². The molecule has 1 aliphatic heterocycles. The first kappa shape index (κ1) is 29.1. The second-order valence-corrected chi connectivity index (χ2v) is 10.4. The number of benzene rings is 1. The van der Waals surface area contributed by atoms with E-state index in [1.54, 1.807) is 13.1 Å². The van der Waals surface area contributed by atoms with E-state index in [1.807, 2.05) is 11.8 Å². The third-order valence-electron chi connectivity index (χ3n) is 7.92. The second kappa shape index (κ2) is 10.3. The summed E-state index contributed by atoms with van der Waals surface area (Å²) in [6, 6.07) is 3.51. The number of ether oxygens (including phenoxy) is 1. The van der Waals surface area contributed by atoms with E-state index in [1.165, 1.54) is 4.90 Å². The van der Waals surface area contributed by atoms with Gasteiger partial charge in [0.2, 0.25) is 0 Å². The van der Waals surface area contributed by atoms with E-state index < -0.39 is 47.0 Å². The normalized spacial score (nSPS) is 20.6. The number of alkyl halides is 6. The molecule has 208 valence electrons. The summed E-state index contributed by atoms with van der Waals surface area (Å²) in [5, 5.41) is 9.90. The molecule has 1 amide bonds. The molecule has 0 radical (unpaired) electrons. The van der Waals surface area contributed by atoms with Crippen LogP contribution in [0.3, 0.4) is 0 Å². The van der Waals surface area contributed by atoms with E-state index >= 15 is 0 Å². The summed E-state index contributed by atoms with van der Waals surface area (Å²) in [6.45, 7) is 2.97. The molecule has 6 nitrogen and oxygen atoms in total. The van der Waals surface area contributed by atoms with Gasteiger partial charge in [0, 0.05) is 25.2 Å². The van der Waals surface area contributed by atoms with Gasteiger partial charge in [-0.3, -0.25) is 9.69 Å². The number of carbonyl (C=O) groups is 2. The van der Waals surface area contributed by atoms with Crippen LogP contribution in [0.5, 0.6) is 0 Å². The number of piperidine rings is 1. The SMILES string of the molecule is CC(OC(=O)N1CCC(C)(N(C)Cc2cc(C(F)(F)F)cc(C3(C(=O)O)CCCC3)c2)CC1)C(F)(F)F. The first-order valence-corrected chi connectivity index (χ1v) is 12.2. The van der Waals surface area contributed by atoms with Gasteiger partial charge >= 0.3 is 24.4 Å². The van der Waals surface area contributed by atoms with Crippen molar-refractivity contribution < 1.29 is 45.8 Å². The Bertz CT molecular complexity index is 996. The summed E-state index contributed by atoms with van der Waals surface area (Å²) in [4.78, 5) is 27.3. The second-order valence-electron chi connectivity index (χ2n) is 10.4. The van der Waals surface area contributed by atoms with Crippen LogP contribution in [0.25, 0.3) is 0 Å². The number of likely N-dealkylation sites (tertiary alicyclic amines) is 1. The summed E-state index contributed by atoms with van der Waals surface area (Å²) >= 11 is 0. The van der Waals surface area contributed by atoms with Gasteiger partial charge in [0.05, 0.1) is 11.0 Å². The predicted octanol–water partition coefficient (Wildman–Crippen LogP) is 5.98. The summed E-state index contributed by atoms with van der Waals surface area (Å²) in [6.07, 6.45) is -10.1. The number of carbonyl (C=O) groups excluding carboxylic acids is 1. The highest BCUT2D eigenvalue weighted by Gasteiger charge is 2.45. The quantitative estimate of drug-likeness (QED) is 0.452. The molecule has 2 aliphatic rings. The van der Waals surface area contributed by atoms with Gasteiger partial charge in [-0.05, 0) is 69.8 Å². The number of halogens is 6. The predicted molar refractivity (Wildman–Crippen MR) is 122 cm³/mol. The van der Waals surface area contributed by atoms with E-state index in [-0.39, 0.29) is 38.0 Å². The molecule has 1 saturated carbocycles. The maximum Gasteiger partial charge on any atom is 0.425 e. The van der Waals surface area contributed by atoms with Gasteiger partial charge < -0.3 is 14.7 Å². The first-order valence-electron chi connectivity index (χ1n) is 12.2. The van der Waals surface area contributed by atoms with Crippen molar-refractivity contribution in [2.24, 2.45) is 0 Å². The fourth-order valence-electron chi connectivity index (χ4n) is 5.14. The molecular weight excluding hydrogens is 506 g/mol. The molecule has 1 aromatic rings. The van der Waals surface area contributed by atoms with Crippen LogP contribution in [0.15, 0.2) is 18.2 Å². The zero-order valence-corrected chi connectivity index (χ0v) is 21.0. The van der Waals surface area contributed by atoms with Gasteiger partial charge in [0.15, 0.2) is 6.10 Å². The number of carboxylic acid groups (broad SMARTS) is 1. The molecule has 0 aromatic heterocycles. The smallest absolute Gasteiger partial charge is 0.425 e. The molecule has 2 fully saturated rings. The van der Waals surface area contributed by atoms with Crippen molar-refractivity contribution >= 4 is 12.1 Å². The summed E-state index contributed by atoms with van der Waals surface area (Å²) in [5.74, 6) is -1.13. The van der Waals surface area contributed by atoms with Crippen LogP contribution in [0.4, 0.5) is 31.1 Å². The van der Waals surface area contributed by atoms with Crippen molar-refractivity contribution in [3.8, 4) is 0 Å². The molecule has 1 unspecified atom stereocenters. The molecule has 0 spiro atoms. The zero-order valence-electron chi connectivity index (χ0n) is 21.0. The molecule has 1 N–H and O–H groups in total. The first-order chi connectivity index (χ1) is 17.0. The molecule has 0 bridgehead atoms. The van der Waals surface area contributed by atoms with Gasteiger partial charge in [0.1, 0.15) is 0 Å². The Balaban J connectivity index is 1.76. The van der Waals surface area contributed by atoms with Crippen LogP contribution in [0.1, 0.15) is 69.1 Å². The number of nitrogens with zero attached hydrogens (tertiary/aromatic N) is 2. The Morgan fingerprint density at radius 2 is 1.62 bits per heavy atom. The Labute approximate surface area is 211 Å². The Hall–Kier alpha value is -2.50. The fraction of sp³-hybridized carbons (Fsp3) is 0.680. The lowest BCUT2D eigenvalue weighted by Gasteiger charge is -2.45. The highest BCUT2D eigenvalue weighted by atomic mass is 19.4. The maximum absolute atomic E-state index is 13.7. The van der Waals surface area contributed by atoms with Crippen molar-refractivity contribution in [1.29, 1.82) is 0 Å². The molecule has 37 heavy (non-hydrogen) atoms. The van der Waals surface area contributed by atoms with Crippen molar-refractivity contribution in [1.82, 2.24) is 9.80 Å². The van der Waals surface area contributed by atoms with E-state index in [0.29, 0.717) is 31.2 Å². The molecule has 1 saturated heterocycles. The largest absolute Gasteiger partial charge is 0.481 e. The minimum Gasteiger partial charge on any atom is -0.481 e. The van der Waals surface area contributed by atoms with Crippen LogP contribution in [0.2, 0.25) is 0 Å².